The van der Waals surface area contributed by atoms with Gasteiger partial charge in [-0.05, 0) is 68.9 Å². The second-order valence-electron chi connectivity index (χ2n) is 5.79. The van der Waals surface area contributed by atoms with E-state index < -0.39 is 10.0 Å². The molecule has 0 atom stereocenters. The van der Waals surface area contributed by atoms with Crippen LogP contribution in [0.1, 0.15) is 19.4 Å². The normalized spacial score (nSPS) is 11.7. The molecule has 2 aromatic carbocycles. The summed E-state index contributed by atoms with van der Waals surface area (Å²) in [6, 6.07) is 13.3. The Hall–Kier alpha value is -2.64. The van der Waals surface area contributed by atoms with Crippen LogP contribution in [0.25, 0.3) is 6.08 Å². The molecule has 6 nitrogen and oxygen atoms in total. The highest BCUT2D eigenvalue weighted by Crippen LogP contribution is 2.17. The zero-order chi connectivity index (χ0) is 19.2. The Morgan fingerprint density at radius 1 is 1.04 bits per heavy atom. The number of hydrogen-bond acceptors (Lipinski definition) is 4. The van der Waals surface area contributed by atoms with Crippen molar-refractivity contribution in [3.05, 3.63) is 60.2 Å². The largest absolute Gasteiger partial charge is 0.491 e. The molecule has 0 saturated carbocycles. The van der Waals surface area contributed by atoms with Gasteiger partial charge in [-0.15, -0.1) is 0 Å². The Kier molecular flexibility index (Phi) is 6.54. The van der Waals surface area contributed by atoms with E-state index in [1.807, 2.05) is 13.8 Å². The summed E-state index contributed by atoms with van der Waals surface area (Å²) in [6.45, 7) is 3.89. The number of nitrogens with one attached hydrogen (secondary N) is 2. The molecule has 7 heteroatoms. The van der Waals surface area contributed by atoms with Crippen molar-refractivity contribution < 1.29 is 17.9 Å². The number of sulfonamides is 1. The Bertz CT molecular complexity index is 871. The average Bonchev–Trinajstić information content (AvgIpc) is 2.61. The van der Waals surface area contributed by atoms with Gasteiger partial charge in [0.15, 0.2) is 0 Å². The molecule has 0 spiro atoms. The molecule has 0 radical (unpaired) electrons. The van der Waals surface area contributed by atoms with Crippen molar-refractivity contribution in [2.75, 3.05) is 12.4 Å². The van der Waals surface area contributed by atoms with E-state index in [4.69, 9.17) is 4.74 Å². The van der Waals surface area contributed by atoms with E-state index in [0.717, 1.165) is 11.3 Å². The van der Waals surface area contributed by atoms with E-state index in [1.54, 1.807) is 42.5 Å². The van der Waals surface area contributed by atoms with Gasteiger partial charge in [0.2, 0.25) is 15.9 Å². The van der Waals surface area contributed by atoms with Crippen LogP contribution in [-0.4, -0.2) is 27.5 Å². The molecule has 2 rings (SSSR count). The molecule has 0 aliphatic heterocycles. The van der Waals surface area contributed by atoms with Crippen LogP contribution < -0.4 is 14.8 Å². The number of carbonyl (C=O) groups is 1. The van der Waals surface area contributed by atoms with Gasteiger partial charge in [-0.2, -0.15) is 0 Å². The van der Waals surface area contributed by atoms with Gasteiger partial charge >= 0.3 is 0 Å². The first-order valence-electron chi connectivity index (χ1n) is 8.09. The van der Waals surface area contributed by atoms with Gasteiger partial charge in [0.1, 0.15) is 5.75 Å². The van der Waals surface area contributed by atoms with Gasteiger partial charge in [-0.25, -0.2) is 13.1 Å². The topological polar surface area (TPSA) is 84.5 Å². The Morgan fingerprint density at radius 3 is 2.19 bits per heavy atom. The predicted molar refractivity (Wildman–Crippen MR) is 103 cm³/mol. The molecule has 0 bridgehead atoms. The summed E-state index contributed by atoms with van der Waals surface area (Å²) in [5.74, 6) is 0.458. The fourth-order valence-electron chi connectivity index (χ4n) is 2.12. The molecular weight excluding hydrogens is 352 g/mol. The maximum Gasteiger partial charge on any atom is 0.248 e. The predicted octanol–water partition coefficient (Wildman–Crippen LogP) is 3.03. The minimum absolute atomic E-state index is 0.0906. The van der Waals surface area contributed by atoms with Crippen LogP contribution in [0.5, 0.6) is 5.75 Å². The van der Waals surface area contributed by atoms with Gasteiger partial charge in [-0.3, -0.25) is 4.79 Å². The highest BCUT2D eigenvalue weighted by atomic mass is 32.2. The number of anilines is 1. The lowest BCUT2D eigenvalue weighted by atomic mass is 10.2. The lowest BCUT2D eigenvalue weighted by Gasteiger charge is -2.10. The van der Waals surface area contributed by atoms with Crippen LogP contribution >= 0.6 is 0 Å². The molecule has 26 heavy (non-hydrogen) atoms. The Morgan fingerprint density at radius 2 is 1.65 bits per heavy atom. The first kappa shape index (κ1) is 19.7. The van der Waals surface area contributed by atoms with Gasteiger partial charge in [0, 0.05) is 11.8 Å². The second-order valence-corrected chi connectivity index (χ2v) is 7.68. The van der Waals surface area contributed by atoms with E-state index in [-0.39, 0.29) is 16.9 Å². The molecular formula is C19H22N2O4S. The molecule has 0 aliphatic carbocycles. The van der Waals surface area contributed by atoms with Gasteiger partial charge in [0.25, 0.3) is 0 Å². The lowest BCUT2D eigenvalue weighted by Crippen LogP contribution is -2.18. The first-order chi connectivity index (χ1) is 12.3. The van der Waals surface area contributed by atoms with E-state index in [9.17, 15) is 13.2 Å². The lowest BCUT2D eigenvalue weighted by molar-refractivity contribution is -0.111. The number of carbonyl (C=O) groups excluding carboxylic acids is 1. The summed E-state index contributed by atoms with van der Waals surface area (Å²) in [5, 5.41) is 2.75. The number of rotatable bonds is 7. The second kappa shape index (κ2) is 8.64. The van der Waals surface area contributed by atoms with Crippen molar-refractivity contribution in [1.82, 2.24) is 4.72 Å². The Labute approximate surface area is 153 Å². The SMILES string of the molecule is CNS(=O)(=O)c1ccc(C=CC(=O)Nc2ccc(OC(C)C)cc2)cc1. The molecule has 138 valence electrons. The van der Waals surface area contributed by atoms with E-state index in [2.05, 4.69) is 10.0 Å². The van der Waals surface area contributed by atoms with Crippen molar-refractivity contribution in [3.8, 4) is 5.75 Å². The molecule has 0 saturated heterocycles. The summed E-state index contributed by atoms with van der Waals surface area (Å²) in [4.78, 5) is 12.2. The number of benzene rings is 2. The van der Waals surface area contributed by atoms with Crippen LogP contribution in [0.15, 0.2) is 59.5 Å². The number of ether oxygens (including phenoxy) is 1. The van der Waals surface area contributed by atoms with Gasteiger partial charge < -0.3 is 10.1 Å². The zero-order valence-electron chi connectivity index (χ0n) is 14.9. The van der Waals surface area contributed by atoms with Crippen molar-refractivity contribution in [3.63, 3.8) is 0 Å². The van der Waals surface area contributed by atoms with Crippen molar-refractivity contribution in [1.29, 1.82) is 0 Å². The van der Waals surface area contributed by atoms with Crippen LogP contribution in [0.4, 0.5) is 5.69 Å². The van der Waals surface area contributed by atoms with E-state index >= 15 is 0 Å². The number of amides is 1. The molecule has 2 N–H and O–H groups in total. The first-order valence-corrected chi connectivity index (χ1v) is 9.58. The Balaban J connectivity index is 1.97. The zero-order valence-corrected chi connectivity index (χ0v) is 15.7. The number of hydrogen-bond donors (Lipinski definition) is 2. The third-order valence-corrected chi connectivity index (χ3v) is 4.81. The van der Waals surface area contributed by atoms with Crippen molar-refractivity contribution >= 4 is 27.7 Å². The summed E-state index contributed by atoms with van der Waals surface area (Å²) in [6.07, 6.45) is 3.09. The minimum Gasteiger partial charge on any atom is -0.491 e. The highest BCUT2D eigenvalue weighted by Gasteiger charge is 2.09. The molecule has 0 aromatic heterocycles. The standard InChI is InChI=1S/C19H22N2O4S/c1-14(2)25-17-9-7-16(8-10-17)21-19(22)13-6-15-4-11-18(12-5-15)26(23,24)20-3/h4-14,20H,1-3H3,(H,21,22). The van der Waals surface area contributed by atoms with Crippen molar-refractivity contribution in [2.45, 2.75) is 24.8 Å². The van der Waals surface area contributed by atoms with Crippen molar-refractivity contribution in [2.24, 2.45) is 0 Å². The molecule has 0 heterocycles. The maximum atomic E-state index is 12.0. The monoisotopic (exact) mass is 374 g/mol. The fourth-order valence-corrected chi connectivity index (χ4v) is 2.85. The maximum absolute atomic E-state index is 12.0. The summed E-state index contributed by atoms with van der Waals surface area (Å²) in [5.41, 5.74) is 1.38. The third-order valence-electron chi connectivity index (χ3n) is 3.38. The quantitative estimate of drug-likeness (QED) is 0.730. The van der Waals surface area contributed by atoms with Gasteiger partial charge in [0.05, 0.1) is 11.0 Å². The van der Waals surface area contributed by atoms with E-state index in [0.29, 0.717) is 5.69 Å². The summed E-state index contributed by atoms with van der Waals surface area (Å²) < 4.78 is 31.1. The van der Waals surface area contributed by atoms with Gasteiger partial charge in [-0.1, -0.05) is 12.1 Å². The molecule has 1 amide bonds. The minimum atomic E-state index is -3.46. The van der Waals surface area contributed by atoms with Crippen LogP contribution in [0.2, 0.25) is 0 Å². The molecule has 0 unspecified atom stereocenters. The highest BCUT2D eigenvalue weighted by molar-refractivity contribution is 7.89. The smallest absolute Gasteiger partial charge is 0.248 e. The van der Waals surface area contributed by atoms with Crippen LogP contribution in [-0.2, 0) is 14.8 Å². The van der Waals surface area contributed by atoms with E-state index in [1.165, 1.54) is 25.3 Å². The summed E-state index contributed by atoms with van der Waals surface area (Å²) in [7, 11) is -2.11. The van der Waals surface area contributed by atoms with Crippen LogP contribution in [0.3, 0.4) is 0 Å². The van der Waals surface area contributed by atoms with Crippen LogP contribution in [0, 0.1) is 0 Å². The fraction of sp³-hybridized carbons (Fsp3) is 0.211. The average molecular weight is 374 g/mol. The summed E-state index contributed by atoms with van der Waals surface area (Å²) >= 11 is 0. The molecule has 0 aliphatic rings. The molecule has 2 aromatic rings. The molecule has 0 fully saturated rings. The third kappa shape index (κ3) is 5.72.